The number of methoxy groups -OCH3 is 1. The molecule has 3 heterocycles. The van der Waals surface area contributed by atoms with Crippen molar-refractivity contribution in [2.75, 3.05) is 20.2 Å². The molecule has 4 rings (SSSR count). The minimum absolute atomic E-state index is 0.262. The van der Waals surface area contributed by atoms with Crippen LogP contribution >= 0.6 is 0 Å². The van der Waals surface area contributed by atoms with Crippen LogP contribution in [0.15, 0.2) is 47.7 Å². The molecule has 9 heteroatoms. The van der Waals surface area contributed by atoms with Crippen LogP contribution in [0.4, 0.5) is 0 Å². The molecule has 0 saturated heterocycles. The zero-order valence-electron chi connectivity index (χ0n) is 18.9. The predicted molar refractivity (Wildman–Crippen MR) is 123 cm³/mol. The van der Waals surface area contributed by atoms with Gasteiger partial charge >= 0.3 is 0 Å². The second kappa shape index (κ2) is 10.9. The highest BCUT2D eigenvalue weighted by atomic mass is 16.5. The van der Waals surface area contributed by atoms with Gasteiger partial charge in [0.05, 0.1) is 6.54 Å². The third kappa shape index (κ3) is 5.73. The van der Waals surface area contributed by atoms with Gasteiger partial charge in [0, 0.05) is 58.0 Å². The van der Waals surface area contributed by atoms with Gasteiger partial charge in [-0.1, -0.05) is 30.3 Å². The molecule has 0 spiro atoms. The third-order valence-electron chi connectivity index (χ3n) is 5.46. The minimum Gasteiger partial charge on any atom is -0.377 e. The second-order valence-corrected chi connectivity index (χ2v) is 7.91. The van der Waals surface area contributed by atoms with Gasteiger partial charge in [0.25, 0.3) is 0 Å². The molecule has 0 bridgehead atoms. The lowest BCUT2D eigenvalue weighted by Gasteiger charge is -2.25. The molecule has 170 valence electrons. The first-order valence-corrected chi connectivity index (χ1v) is 11.3. The maximum Gasteiger partial charge on any atom is 0.191 e. The molecule has 0 amide bonds. The van der Waals surface area contributed by atoms with Crippen molar-refractivity contribution in [2.24, 2.45) is 4.99 Å². The number of aliphatic imine (C=N–C) groups is 1. The Bertz CT molecular complexity index is 1010. The van der Waals surface area contributed by atoms with Gasteiger partial charge in [-0.3, -0.25) is 4.99 Å². The van der Waals surface area contributed by atoms with Crippen molar-refractivity contribution in [3.05, 3.63) is 65.8 Å². The Labute approximate surface area is 188 Å². The van der Waals surface area contributed by atoms with Gasteiger partial charge in [0.1, 0.15) is 18.3 Å². The van der Waals surface area contributed by atoms with E-state index in [4.69, 9.17) is 9.73 Å². The van der Waals surface area contributed by atoms with E-state index in [9.17, 15) is 0 Å². The Morgan fingerprint density at radius 2 is 2.16 bits per heavy atom. The smallest absolute Gasteiger partial charge is 0.191 e. The van der Waals surface area contributed by atoms with Crippen molar-refractivity contribution >= 4 is 5.96 Å². The molecule has 0 saturated carbocycles. The van der Waals surface area contributed by atoms with E-state index in [1.165, 1.54) is 5.56 Å². The Morgan fingerprint density at radius 3 is 2.97 bits per heavy atom. The molecular weight excluding hydrogens is 404 g/mol. The first-order valence-electron chi connectivity index (χ1n) is 11.3. The summed E-state index contributed by atoms with van der Waals surface area (Å²) in [7, 11) is 1.66. The molecule has 0 fully saturated rings. The number of nitrogens with zero attached hydrogens (tertiary/aromatic N) is 6. The summed E-state index contributed by atoms with van der Waals surface area (Å²) in [6, 6.07) is 10.7. The van der Waals surface area contributed by atoms with Crippen molar-refractivity contribution in [3.63, 3.8) is 0 Å². The first kappa shape index (κ1) is 22.0. The molecule has 1 unspecified atom stereocenters. The van der Waals surface area contributed by atoms with E-state index in [1.54, 1.807) is 7.11 Å². The Hall–Kier alpha value is -3.20. The summed E-state index contributed by atoms with van der Waals surface area (Å²) >= 11 is 0. The molecule has 0 radical (unpaired) electrons. The number of imidazole rings is 1. The topological polar surface area (TPSA) is 94.2 Å². The maximum atomic E-state index is 5.16. The molecule has 0 aliphatic carbocycles. The number of nitrogens with one attached hydrogen (secondary N) is 2. The quantitative estimate of drug-likeness (QED) is 0.392. The molecule has 1 aliphatic rings. The van der Waals surface area contributed by atoms with E-state index >= 15 is 0 Å². The van der Waals surface area contributed by atoms with Crippen molar-refractivity contribution in [3.8, 4) is 0 Å². The lowest BCUT2D eigenvalue weighted by Crippen LogP contribution is -2.47. The van der Waals surface area contributed by atoms with Crippen LogP contribution in [0.2, 0.25) is 0 Å². The molecule has 1 aromatic carbocycles. The van der Waals surface area contributed by atoms with E-state index in [0.29, 0.717) is 13.2 Å². The second-order valence-electron chi connectivity index (χ2n) is 7.91. The van der Waals surface area contributed by atoms with Crippen LogP contribution < -0.4 is 10.6 Å². The number of benzene rings is 1. The summed E-state index contributed by atoms with van der Waals surface area (Å²) in [6.45, 7) is 5.61. The summed E-state index contributed by atoms with van der Waals surface area (Å²) in [4.78, 5) is 13.9. The summed E-state index contributed by atoms with van der Waals surface area (Å²) in [5.74, 6) is 3.65. The van der Waals surface area contributed by atoms with Crippen molar-refractivity contribution in [1.82, 2.24) is 34.9 Å². The van der Waals surface area contributed by atoms with Crippen LogP contribution in [0.25, 0.3) is 0 Å². The SMILES string of the molecule is CCNC(=NCCc1nccn1Cc1ccccc1)NC1CCc2nc(COC)nn2C1. The highest BCUT2D eigenvalue weighted by Gasteiger charge is 2.22. The van der Waals surface area contributed by atoms with Gasteiger partial charge in [-0.15, -0.1) is 0 Å². The van der Waals surface area contributed by atoms with Gasteiger partial charge in [0.2, 0.25) is 0 Å². The zero-order chi connectivity index (χ0) is 22.2. The highest BCUT2D eigenvalue weighted by Crippen LogP contribution is 2.13. The molecule has 32 heavy (non-hydrogen) atoms. The maximum absolute atomic E-state index is 5.16. The van der Waals surface area contributed by atoms with Crippen LogP contribution in [0.1, 0.15) is 36.4 Å². The first-order chi connectivity index (χ1) is 15.7. The average Bonchev–Trinajstić information content (AvgIpc) is 3.41. The summed E-state index contributed by atoms with van der Waals surface area (Å²) in [5.41, 5.74) is 1.27. The number of rotatable bonds is 9. The number of aromatic nitrogens is 5. The fraction of sp³-hybridized carbons (Fsp3) is 0.478. The monoisotopic (exact) mass is 436 g/mol. The van der Waals surface area contributed by atoms with Gasteiger partial charge in [-0.05, 0) is 18.9 Å². The molecule has 2 aromatic heterocycles. The van der Waals surface area contributed by atoms with Gasteiger partial charge in [0.15, 0.2) is 11.8 Å². The summed E-state index contributed by atoms with van der Waals surface area (Å²) in [6.07, 6.45) is 6.57. The highest BCUT2D eigenvalue weighted by molar-refractivity contribution is 5.80. The number of fused-ring (bicyclic) bond motifs is 1. The van der Waals surface area contributed by atoms with E-state index in [-0.39, 0.29) is 6.04 Å². The van der Waals surface area contributed by atoms with Gasteiger partial charge in [-0.2, -0.15) is 5.10 Å². The predicted octanol–water partition coefficient (Wildman–Crippen LogP) is 1.78. The van der Waals surface area contributed by atoms with E-state index < -0.39 is 0 Å². The van der Waals surface area contributed by atoms with Crippen molar-refractivity contribution < 1.29 is 4.74 Å². The largest absolute Gasteiger partial charge is 0.377 e. The van der Waals surface area contributed by atoms with E-state index in [0.717, 1.165) is 62.3 Å². The number of hydrogen-bond donors (Lipinski definition) is 2. The molecule has 1 atom stereocenters. The summed E-state index contributed by atoms with van der Waals surface area (Å²) < 4.78 is 9.33. The normalized spacial score (nSPS) is 16.1. The third-order valence-corrected chi connectivity index (χ3v) is 5.46. The molecule has 9 nitrogen and oxygen atoms in total. The van der Waals surface area contributed by atoms with Gasteiger partial charge in [-0.25, -0.2) is 14.6 Å². The summed E-state index contributed by atoms with van der Waals surface area (Å²) in [5, 5.41) is 11.5. The van der Waals surface area contributed by atoms with Crippen LogP contribution in [-0.4, -0.2) is 56.5 Å². The number of ether oxygens (including phenoxy) is 1. The lowest BCUT2D eigenvalue weighted by molar-refractivity contribution is 0.177. The molecule has 2 N–H and O–H groups in total. The standard InChI is InChI=1S/C23H32N8O/c1-3-24-23(27-19-9-10-22-28-20(17-32-2)29-31(22)16-19)26-12-11-21-25-13-14-30(21)15-18-7-5-4-6-8-18/h4-8,13-14,19H,3,9-12,15-17H2,1-2H3,(H2,24,26,27). The van der Waals surface area contributed by atoms with Crippen LogP contribution in [0.3, 0.4) is 0 Å². The number of guanidine groups is 1. The lowest BCUT2D eigenvalue weighted by atomic mass is 10.1. The van der Waals surface area contributed by atoms with Crippen LogP contribution in [-0.2, 0) is 37.3 Å². The van der Waals surface area contributed by atoms with Crippen LogP contribution in [0.5, 0.6) is 0 Å². The number of aryl methyl sites for hydroxylation is 1. The van der Waals surface area contributed by atoms with Gasteiger partial charge < -0.3 is 19.9 Å². The minimum atomic E-state index is 0.262. The fourth-order valence-corrected chi connectivity index (χ4v) is 3.94. The van der Waals surface area contributed by atoms with Crippen molar-refractivity contribution in [1.29, 1.82) is 0 Å². The zero-order valence-corrected chi connectivity index (χ0v) is 18.9. The number of hydrogen-bond acceptors (Lipinski definition) is 5. The van der Waals surface area contributed by atoms with E-state index in [1.807, 2.05) is 23.1 Å². The van der Waals surface area contributed by atoms with Crippen molar-refractivity contribution in [2.45, 2.75) is 51.9 Å². The Balaban J connectivity index is 1.33. The molecule has 3 aromatic rings. The van der Waals surface area contributed by atoms with E-state index in [2.05, 4.69) is 61.5 Å². The van der Waals surface area contributed by atoms with Crippen LogP contribution in [0, 0.1) is 0 Å². The fourth-order valence-electron chi connectivity index (χ4n) is 3.94. The molecule has 1 aliphatic heterocycles. The Kier molecular flexibility index (Phi) is 7.50. The average molecular weight is 437 g/mol. The molecular formula is C23H32N8O. The Morgan fingerprint density at radius 1 is 1.28 bits per heavy atom.